The average Bonchev–Trinajstić information content (AvgIpc) is 2.89. The molecule has 1 aromatic heterocycles. The number of aromatic nitrogens is 3. The van der Waals surface area contributed by atoms with Crippen molar-refractivity contribution < 1.29 is 0 Å². The molecule has 0 unspecified atom stereocenters. The molecule has 1 heterocycles. The summed E-state index contributed by atoms with van der Waals surface area (Å²) in [4.78, 5) is 0. The maximum Gasteiger partial charge on any atom is 0.113 e. The number of halogens is 1. The first-order chi connectivity index (χ1) is 9.24. The van der Waals surface area contributed by atoms with Gasteiger partial charge in [-0.05, 0) is 25.1 Å². The van der Waals surface area contributed by atoms with Crippen LogP contribution in [0.2, 0.25) is 5.02 Å². The molecule has 3 aromatic rings. The van der Waals surface area contributed by atoms with Crippen LogP contribution in [0.1, 0.15) is 5.56 Å². The molecule has 0 amide bonds. The lowest BCUT2D eigenvalue weighted by Gasteiger charge is -2.01. The fourth-order valence-electron chi connectivity index (χ4n) is 1.96. The highest BCUT2D eigenvalue weighted by Crippen LogP contribution is 2.22. The van der Waals surface area contributed by atoms with Gasteiger partial charge in [-0.3, -0.25) is 0 Å². The lowest BCUT2D eigenvalue weighted by Crippen LogP contribution is -1.95. The van der Waals surface area contributed by atoms with Crippen molar-refractivity contribution in [3.8, 4) is 16.9 Å². The van der Waals surface area contributed by atoms with Crippen LogP contribution in [0.4, 0.5) is 0 Å². The SMILES string of the molecule is Cc1cccc(-c2cn(-c3ccccc3Cl)nn2)c1. The number of hydrogen-bond acceptors (Lipinski definition) is 2. The van der Waals surface area contributed by atoms with E-state index in [1.165, 1.54) is 5.56 Å². The highest BCUT2D eigenvalue weighted by atomic mass is 35.5. The molecule has 0 atom stereocenters. The maximum atomic E-state index is 6.15. The molecule has 0 radical (unpaired) electrons. The van der Waals surface area contributed by atoms with Crippen LogP contribution in [0.5, 0.6) is 0 Å². The summed E-state index contributed by atoms with van der Waals surface area (Å²) < 4.78 is 1.69. The minimum absolute atomic E-state index is 0.656. The van der Waals surface area contributed by atoms with Gasteiger partial charge in [-0.1, -0.05) is 52.7 Å². The van der Waals surface area contributed by atoms with Crippen LogP contribution < -0.4 is 0 Å². The van der Waals surface area contributed by atoms with Gasteiger partial charge in [0.1, 0.15) is 5.69 Å². The second kappa shape index (κ2) is 4.86. The van der Waals surface area contributed by atoms with Crippen LogP contribution in [0.25, 0.3) is 16.9 Å². The molecule has 2 aromatic carbocycles. The highest BCUT2D eigenvalue weighted by molar-refractivity contribution is 6.32. The summed E-state index contributed by atoms with van der Waals surface area (Å²) in [6, 6.07) is 15.7. The Hall–Kier alpha value is -2.13. The van der Waals surface area contributed by atoms with E-state index in [1.54, 1.807) is 4.68 Å². The van der Waals surface area contributed by atoms with Crippen LogP contribution >= 0.6 is 11.6 Å². The molecular formula is C15H12ClN3. The van der Waals surface area contributed by atoms with E-state index in [2.05, 4.69) is 29.4 Å². The first-order valence-electron chi connectivity index (χ1n) is 5.98. The van der Waals surface area contributed by atoms with Gasteiger partial charge >= 0.3 is 0 Å². The number of rotatable bonds is 2. The Bertz CT molecular complexity index is 719. The van der Waals surface area contributed by atoms with Gasteiger partial charge in [0.15, 0.2) is 0 Å². The van der Waals surface area contributed by atoms with Gasteiger partial charge in [0.2, 0.25) is 0 Å². The lowest BCUT2D eigenvalue weighted by molar-refractivity contribution is 0.804. The standard InChI is InChI=1S/C15H12ClN3/c1-11-5-4-6-12(9-11)14-10-19(18-17-14)15-8-3-2-7-13(15)16/h2-10H,1H3. The third kappa shape index (κ3) is 2.37. The predicted molar refractivity (Wildman–Crippen MR) is 76.5 cm³/mol. The molecule has 0 aliphatic heterocycles. The molecule has 94 valence electrons. The molecule has 3 nitrogen and oxygen atoms in total. The fourth-order valence-corrected chi connectivity index (χ4v) is 2.18. The molecule has 0 aliphatic rings. The normalized spacial score (nSPS) is 10.6. The number of hydrogen-bond donors (Lipinski definition) is 0. The summed E-state index contributed by atoms with van der Waals surface area (Å²) in [5.74, 6) is 0. The van der Waals surface area contributed by atoms with Crippen molar-refractivity contribution in [1.29, 1.82) is 0 Å². The zero-order chi connectivity index (χ0) is 13.2. The largest absolute Gasteiger partial charge is 0.219 e. The summed E-state index contributed by atoms with van der Waals surface area (Å²) in [5.41, 5.74) is 3.92. The maximum absolute atomic E-state index is 6.15. The zero-order valence-corrected chi connectivity index (χ0v) is 11.2. The minimum atomic E-state index is 0.656. The van der Waals surface area contributed by atoms with Crippen LogP contribution in [0.3, 0.4) is 0 Å². The summed E-state index contributed by atoms with van der Waals surface area (Å²) in [5, 5.41) is 8.99. The van der Waals surface area contributed by atoms with Crippen LogP contribution in [0.15, 0.2) is 54.7 Å². The van der Waals surface area contributed by atoms with Crippen molar-refractivity contribution in [3.63, 3.8) is 0 Å². The monoisotopic (exact) mass is 269 g/mol. The van der Waals surface area contributed by atoms with Gasteiger partial charge in [-0.15, -0.1) is 5.10 Å². The summed E-state index contributed by atoms with van der Waals surface area (Å²) >= 11 is 6.15. The molecule has 0 bridgehead atoms. The average molecular weight is 270 g/mol. The van der Waals surface area contributed by atoms with Crippen LogP contribution in [-0.4, -0.2) is 15.0 Å². The van der Waals surface area contributed by atoms with E-state index in [9.17, 15) is 0 Å². The number of para-hydroxylation sites is 1. The Morgan fingerprint density at radius 1 is 1.05 bits per heavy atom. The van der Waals surface area contributed by atoms with E-state index >= 15 is 0 Å². The van der Waals surface area contributed by atoms with Gasteiger partial charge in [-0.25, -0.2) is 4.68 Å². The van der Waals surface area contributed by atoms with Crippen LogP contribution in [0, 0.1) is 6.92 Å². The minimum Gasteiger partial charge on any atom is -0.219 e. The molecule has 0 fully saturated rings. The Balaban J connectivity index is 2.03. The third-order valence-electron chi connectivity index (χ3n) is 2.91. The van der Waals surface area contributed by atoms with E-state index in [4.69, 9.17) is 11.6 Å². The van der Waals surface area contributed by atoms with Crippen molar-refractivity contribution in [3.05, 3.63) is 65.3 Å². The van der Waals surface area contributed by atoms with E-state index in [1.807, 2.05) is 42.6 Å². The first-order valence-corrected chi connectivity index (χ1v) is 6.36. The van der Waals surface area contributed by atoms with Gasteiger partial charge in [0.05, 0.1) is 16.9 Å². The molecule has 0 N–H and O–H groups in total. The molecule has 3 rings (SSSR count). The zero-order valence-electron chi connectivity index (χ0n) is 10.4. The highest BCUT2D eigenvalue weighted by Gasteiger charge is 2.07. The molecule has 0 spiro atoms. The van der Waals surface area contributed by atoms with Crippen LogP contribution in [-0.2, 0) is 0 Å². The Morgan fingerprint density at radius 3 is 2.68 bits per heavy atom. The second-order valence-corrected chi connectivity index (χ2v) is 4.78. The van der Waals surface area contributed by atoms with Gasteiger partial charge in [0, 0.05) is 5.56 Å². The Kier molecular flexibility index (Phi) is 3.05. The Labute approximate surface area is 116 Å². The number of aryl methyl sites for hydroxylation is 1. The predicted octanol–water partition coefficient (Wildman–Crippen LogP) is 3.90. The number of nitrogens with zero attached hydrogens (tertiary/aromatic N) is 3. The molecular weight excluding hydrogens is 258 g/mol. The quantitative estimate of drug-likeness (QED) is 0.706. The van der Waals surface area contributed by atoms with Gasteiger partial charge in [-0.2, -0.15) is 0 Å². The van der Waals surface area contributed by atoms with Crippen molar-refractivity contribution in [2.75, 3.05) is 0 Å². The van der Waals surface area contributed by atoms with Gasteiger partial charge < -0.3 is 0 Å². The van der Waals surface area contributed by atoms with Crippen molar-refractivity contribution >= 4 is 11.6 Å². The van der Waals surface area contributed by atoms with E-state index < -0.39 is 0 Å². The smallest absolute Gasteiger partial charge is 0.113 e. The molecule has 4 heteroatoms. The fraction of sp³-hybridized carbons (Fsp3) is 0.0667. The molecule has 0 aliphatic carbocycles. The van der Waals surface area contributed by atoms with E-state index in [-0.39, 0.29) is 0 Å². The molecule has 0 saturated heterocycles. The Morgan fingerprint density at radius 2 is 1.89 bits per heavy atom. The van der Waals surface area contributed by atoms with E-state index in [0.29, 0.717) is 5.02 Å². The first kappa shape index (κ1) is 11.9. The number of benzene rings is 2. The lowest BCUT2D eigenvalue weighted by atomic mass is 10.1. The third-order valence-corrected chi connectivity index (χ3v) is 3.23. The van der Waals surface area contributed by atoms with Crippen molar-refractivity contribution in [2.24, 2.45) is 0 Å². The second-order valence-electron chi connectivity index (χ2n) is 4.37. The summed E-state index contributed by atoms with van der Waals surface area (Å²) in [6.45, 7) is 2.06. The van der Waals surface area contributed by atoms with E-state index in [0.717, 1.165) is 16.9 Å². The topological polar surface area (TPSA) is 30.7 Å². The summed E-state index contributed by atoms with van der Waals surface area (Å²) in [6.07, 6.45) is 1.88. The summed E-state index contributed by atoms with van der Waals surface area (Å²) in [7, 11) is 0. The molecule has 19 heavy (non-hydrogen) atoms. The van der Waals surface area contributed by atoms with Crippen molar-refractivity contribution in [2.45, 2.75) is 6.92 Å². The molecule has 0 saturated carbocycles. The van der Waals surface area contributed by atoms with Gasteiger partial charge in [0.25, 0.3) is 0 Å². The van der Waals surface area contributed by atoms with Crippen molar-refractivity contribution in [1.82, 2.24) is 15.0 Å².